The molecule has 156 valence electrons. The van der Waals surface area contributed by atoms with Gasteiger partial charge in [-0.15, -0.1) is 0 Å². The smallest absolute Gasteiger partial charge is 0.211 e. The van der Waals surface area contributed by atoms with Gasteiger partial charge in [0.1, 0.15) is 5.75 Å². The van der Waals surface area contributed by atoms with Gasteiger partial charge in [0.05, 0.1) is 12.8 Å². The van der Waals surface area contributed by atoms with Gasteiger partial charge in [0.2, 0.25) is 6.41 Å². The molecule has 0 saturated heterocycles. The van der Waals surface area contributed by atoms with Gasteiger partial charge in [0, 0.05) is 28.6 Å². The van der Waals surface area contributed by atoms with Crippen molar-refractivity contribution in [2.24, 2.45) is 0 Å². The zero-order valence-corrected chi connectivity index (χ0v) is 18.5. The summed E-state index contributed by atoms with van der Waals surface area (Å²) in [7, 11) is 1.68. The van der Waals surface area contributed by atoms with Crippen LogP contribution in [0.2, 0.25) is 0 Å². The molecule has 3 aromatic rings. The van der Waals surface area contributed by atoms with Crippen LogP contribution in [0.3, 0.4) is 0 Å². The van der Waals surface area contributed by atoms with E-state index in [1.807, 2.05) is 32.0 Å². The zero-order valence-electron chi connectivity index (χ0n) is 18.5. The van der Waals surface area contributed by atoms with Gasteiger partial charge in [-0.3, -0.25) is 9.78 Å². The monoisotopic (exact) mass is 402 g/mol. The minimum atomic E-state index is 0.524. The molecule has 1 unspecified atom stereocenters. The molecule has 1 amide bonds. The molecule has 0 bridgehead atoms. The third-order valence-corrected chi connectivity index (χ3v) is 5.68. The molecule has 1 atom stereocenters. The lowest BCUT2D eigenvalue weighted by atomic mass is 9.88. The van der Waals surface area contributed by atoms with Crippen LogP contribution >= 0.6 is 0 Å². The minimum Gasteiger partial charge on any atom is -0.496 e. The van der Waals surface area contributed by atoms with Crippen molar-refractivity contribution < 1.29 is 9.53 Å². The molecule has 4 nitrogen and oxygen atoms in total. The normalized spacial score (nSPS) is 11.8. The van der Waals surface area contributed by atoms with E-state index in [9.17, 15) is 4.79 Å². The number of aryl methyl sites for hydroxylation is 2. The number of amides is 1. The van der Waals surface area contributed by atoms with Crippen LogP contribution in [0.4, 0.5) is 5.69 Å². The molecule has 0 aliphatic heterocycles. The Kier molecular flexibility index (Phi) is 6.88. The van der Waals surface area contributed by atoms with E-state index in [1.54, 1.807) is 13.3 Å². The summed E-state index contributed by atoms with van der Waals surface area (Å²) in [4.78, 5) is 15.9. The number of hydrogen-bond acceptors (Lipinski definition) is 3. The molecule has 2 aromatic carbocycles. The van der Waals surface area contributed by atoms with E-state index < -0.39 is 0 Å². The number of anilines is 1. The summed E-state index contributed by atoms with van der Waals surface area (Å²) in [5.74, 6) is 1.30. The second-order valence-corrected chi connectivity index (χ2v) is 7.73. The van der Waals surface area contributed by atoms with E-state index >= 15 is 0 Å². The number of pyridine rings is 1. The van der Waals surface area contributed by atoms with E-state index in [2.05, 4.69) is 48.4 Å². The number of carbonyl (C=O) groups excluding carboxylic acids is 1. The van der Waals surface area contributed by atoms with E-state index in [0.717, 1.165) is 51.4 Å². The molecular formula is C26H30N2O2. The van der Waals surface area contributed by atoms with E-state index in [1.165, 1.54) is 18.4 Å². The molecule has 0 saturated carbocycles. The molecule has 0 aliphatic rings. The van der Waals surface area contributed by atoms with Gasteiger partial charge in [-0.2, -0.15) is 0 Å². The Morgan fingerprint density at radius 1 is 1.13 bits per heavy atom. The maximum Gasteiger partial charge on any atom is 0.211 e. The lowest BCUT2D eigenvalue weighted by molar-refractivity contribution is -0.105. The third-order valence-electron chi connectivity index (χ3n) is 5.68. The van der Waals surface area contributed by atoms with Crippen molar-refractivity contribution in [1.82, 2.24) is 4.98 Å². The van der Waals surface area contributed by atoms with Gasteiger partial charge in [0.25, 0.3) is 0 Å². The van der Waals surface area contributed by atoms with Crippen molar-refractivity contribution in [2.45, 2.75) is 46.5 Å². The van der Waals surface area contributed by atoms with Crippen molar-refractivity contribution in [3.05, 3.63) is 65.5 Å². The van der Waals surface area contributed by atoms with Crippen LogP contribution in [0.1, 0.15) is 49.4 Å². The second kappa shape index (κ2) is 9.57. The van der Waals surface area contributed by atoms with Crippen LogP contribution in [0.5, 0.6) is 5.75 Å². The Balaban J connectivity index is 2.28. The van der Waals surface area contributed by atoms with E-state index in [4.69, 9.17) is 4.74 Å². The predicted octanol–water partition coefficient (Wildman–Crippen LogP) is 6.51. The number of ether oxygens (including phenoxy) is 1. The molecule has 0 aliphatic carbocycles. The summed E-state index contributed by atoms with van der Waals surface area (Å²) in [5, 5.41) is 2.91. The van der Waals surface area contributed by atoms with Gasteiger partial charge in [-0.05, 0) is 55.0 Å². The Hall–Kier alpha value is -3.14. The summed E-state index contributed by atoms with van der Waals surface area (Å²) in [6.45, 7) is 8.44. The topological polar surface area (TPSA) is 51.2 Å². The zero-order chi connectivity index (χ0) is 21.7. The Bertz CT molecular complexity index is 1030. The third kappa shape index (κ3) is 4.23. The fraction of sp³-hybridized carbons (Fsp3) is 0.308. The Morgan fingerprint density at radius 3 is 2.47 bits per heavy atom. The Labute approximate surface area is 179 Å². The van der Waals surface area contributed by atoms with Crippen molar-refractivity contribution in [3.63, 3.8) is 0 Å². The van der Waals surface area contributed by atoms with Crippen molar-refractivity contribution in [3.8, 4) is 28.0 Å². The highest BCUT2D eigenvalue weighted by molar-refractivity contribution is 5.99. The lowest BCUT2D eigenvalue weighted by Crippen LogP contribution is -2.04. The average molecular weight is 403 g/mol. The number of rotatable bonds is 8. The first-order valence-electron chi connectivity index (χ1n) is 10.5. The van der Waals surface area contributed by atoms with Crippen LogP contribution in [0, 0.1) is 13.8 Å². The fourth-order valence-corrected chi connectivity index (χ4v) is 4.07. The summed E-state index contributed by atoms with van der Waals surface area (Å²) < 4.78 is 5.80. The number of nitrogens with zero attached hydrogens (tertiary/aromatic N) is 1. The summed E-state index contributed by atoms with van der Waals surface area (Å²) >= 11 is 0. The molecule has 3 rings (SSSR count). The van der Waals surface area contributed by atoms with Crippen LogP contribution in [0.15, 0.2) is 48.7 Å². The Morgan fingerprint density at radius 2 is 1.87 bits per heavy atom. The highest BCUT2D eigenvalue weighted by Crippen LogP contribution is 2.46. The summed E-state index contributed by atoms with van der Waals surface area (Å²) in [6, 6.07) is 14.6. The number of carbonyl (C=O) groups is 1. The maximum absolute atomic E-state index is 11.4. The van der Waals surface area contributed by atoms with E-state index in [0.29, 0.717) is 5.92 Å². The minimum absolute atomic E-state index is 0.524. The summed E-state index contributed by atoms with van der Waals surface area (Å²) in [6.07, 6.45) is 4.84. The van der Waals surface area contributed by atoms with Gasteiger partial charge in [-0.25, -0.2) is 0 Å². The molecule has 1 aromatic heterocycles. The fourth-order valence-electron chi connectivity index (χ4n) is 4.07. The number of benzene rings is 2. The average Bonchev–Trinajstić information content (AvgIpc) is 2.75. The van der Waals surface area contributed by atoms with Gasteiger partial charge in [-0.1, -0.05) is 50.6 Å². The number of methoxy groups -OCH3 is 1. The maximum atomic E-state index is 11.4. The van der Waals surface area contributed by atoms with Crippen molar-refractivity contribution >= 4 is 12.1 Å². The highest BCUT2D eigenvalue weighted by Gasteiger charge is 2.21. The lowest BCUT2D eigenvalue weighted by Gasteiger charge is -2.22. The number of hydrogen-bond donors (Lipinski definition) is 1. The quantitative estimate of drug-likeness (QED) is 0.437. The van der Waals surface area contributed by atoms with Crippen molar-refractivity contribution in [1.29, 1.82) is 0 Å². The van der Waals surface area contributed by atoms with Crippen LogP contribution in [-0.2, 0) is 4.79 Å². The largest absolute Gasteiger partial charge is 0.496 e. The first-order valence-corrected chi connectivity index (χ1v) is 10.5. The van der Waals surface area contributed by atoms with Crippen LogP contribution in [0.25, 0.3) is 22.3 Å². The molecule has 4 heteroatoms. The molecule has 0 fully saturated rings. The standard InChI is InChI=1S/C26H30N2O2/c1-6-8-17(2)20-10-12-21(13-11-20)24-23(30-5)15-18(3)26(28-16-29)25(24)22-9-7-14-27-19(22)4/h7,9-17H,6,8H2,1-5H3,(H,28,29). The second-order valence-electron chi connectivity index (χ2n) is 7.73. The molecule has 30 heavy (non-hydrogen) atoms. The van der Waals surface area contributed by atoms with Gasteiger partial charge >= 0.3 is 0 Å². The molecule has 0 spiro atoms. The van der Waals surface area contributed by atoms with Gasteiger partial charge in [0.15, 0.2) is 0 Å². The van der Waals surface area contributed by atoms with Crippen LogP contribution in [-0.4, -0.2) is 18.5 Å². The molecule has 0 radical (unpaired) electrons. The molecular weight excluding hydrogens is 372 g/mol. The highest BCUT2D eigenvalue weighted by atomic mass is 16.5. The van der Waals surface area contributed by atoms with Crippen molar-refractivity contribution in [2.75, 3.05) is 12.4 Å². The SMILES string of the molecule is CCCC(C)c1ccc(-c2c(OC)cc(C)c(NC=O)c2-c2cccnc2C)cc1. The van der Waals surface area contributed by atoms with E-state index in [-0.39, 0.29) is 0 Å². The first kappa shape index (κ1) is 21.6. The van der Waals surface area contributed by atoms with Crippen LogP contribution < -0.4 is 10.1 Å². The summed E-state index contributed by atoms with van der Waals surface area (Å²) in [5.41, 5.74) is 7.85. The number of aromatic nitrogens is 1. The predicted molar refractivity (Wildman–Crippen MR) is 124 cm³/mol. The first-order chi connectivity index (χ1) is 14.5. The molecule has 1 N–H and O–H groups in total. The van der Waals surface area contributed by atoms with Gasteiger partial charge < -0.3 is 10.1 Å². The molecule has 1 heterocycles. The number of nitrogens with one attached hydrogen (secondary N) is 1.